The molecular formula is C13H12FN3O. The minimum absolute atomic E-state index is 0.141. The van der Waals surface area contributed by atoms with Gasteiger partial charge in [-0.25, -0.2) is 14.4 Å². The predicted octanol–water partition coefficient (Wildman–Crippen LogP) is 2.48. The zero-order valence-electron chi connectivity index (χ0n) is 10.1. The lowest BCUT2D eigenvalue weighted by atomic mass is 10.2. The van der Waals surface area contributed by atoms with Gasteiger partial charge in [-0.3, -0.25) is 4.79 Å². The number of nitrogens with one attached hydrogen (secondary N) is 1. The number of hydrogen-bond acceptors (Lipinski definition) is 3. The normalized spacial score (nSPS) is 10.2. The Balaban J connectivity index is 2.25. The topological polar surface area (TPSA) is 54.9 Å². The maximum Gasteiger partial charge on any atom is 0.259 e. The van der Waals surface area contributed by atoms with E-state index in [1.54, 1.807) is 26.0 Å². The third-order valence-corrected chi connectivity index (χ3v) is 2.47. The van der Waals surface area contributed by atoms with E-state index < -0.39 is 11.7 Å². The van der Waals surface area contributed by atoms with Crippen LogP contribution in [0.2, 0.25) is 0 Å². The number of benzene rings is 1. The summed E-state index contributed by atoms with van der Waals surface area (Å²) in [6.45, 7) is 3.45. The first-order valence-electron chi connectivity index (χ1n) is 5.44. The minimum Gasteiger partial charge on any atom is -0.319 e. The van der Waals surface area contributed by atoms with Crippen molar-refractivity contribution in [2.75, 3.05) is 5.32 Å². The molecule has 0 radical (unpaired) electrons. The summed E-state index contributed by atoms with van der Waals surface area (Å²) in [6.07, 6.45) is 1.44. The van der Waals surface area contributed by atoms with Gasteiger partial charge in [-0.1, -0.05) is 12.1 Å². The molecule has 0 unspecified atom stereocenters. The average Bonchev–Trinajstić information content (AvgIpc) is 2.32. The van der Waals surface area contributed by atoms with Crippen LogP contribution in [0.3, 0.4) is 0 Å². The third-order valence-electron chi connectivity index (χ3n) is 2.47. The Bertz CT molecular complexity index is 599. The largest absolute Gasteiger partial charge is 0.319 e. The van der Waals surface area contributed by atoms with E-state index in [9.17, 15) is 9.18 Å². The van der Waals surface area contributed by atoms with Crippen LogP contribution in [0.25, 0.3) is 0 Å². The molecule has 0 saturated carbocycles. The van der Waals surface area contributed by atoms with Crippen molar-refractivity contribution in [2.45, 2.75) is 13.8 Å². The highest BCUT2D eigenvalue weighted by atomic mass is 19.1. The maximum absolute atomic E-state index is 13.4. The van der Waals surface area contributed by atoms with Crippen molar-refractivity contribution in [2.24, 2.45) is 0 Å². The number of rotatable bonds is 2. The lowest BCUT2D eigenvalue weighted by molar-refractivity contribution is 0.102. The number of aromatic nitrogens is 2. The summed E-state index contributed by atoms with van der Waals surface area (Å²) in [5.74, 6) is -0.302. The molecule has 0 aliphatic rings. The summed E-state index contributed by atoms with van der Waals surface area (Å²) in [7, 11) is 0. The molecule has 4 nitrogen and oxygen atoms in total. The molecule has 0 spiro atoms. The third kappa shape index (κ3) is 2.51. The van der Waals surface area contributed by atoms with E-state index in [2.05, 4.69) is 15.3 Å². The SMILES string of the molecule is Cc1ncc(C(=O)Nc2ccccc2F)c(C)n1. The monoisotopic (exact) mass is 245 g/mol. The summed E-state index contributed by atoms with van der Waals surface area (Å²) >= 11 is 0. The van der Waals surface area contributed by atoms with Crippen molar-refractivity contribution in [3.05, 3.63) is 53.4 Å². The van der Waals surface area contributed by atoms with Gasteiger partial charge in [-0.05, 0) is 26.0 Å². The van der Waals surface area contributed by atoms with Gasteiger partial charge in [-0.2, -0.15) is 0 Å². The first kappa shape index (κ1) is 12.2. The molecule has 5 heteroatoms. The van der Waals surface area contributed by atoms with Crippen LogP contribution in [-0.2, 0) is 0 Å². The van der Waals surface area contributed by atoms with E-state index in [0.29, 0.717) is 17.1 Å². The van der Waals surface area contributed by atoms with E-state index >= 15 is 0 Å². The van der Waals surface area contributed by atoms with Crippen molar-refractivity contribution < 1.29 is 9.18 Å². The van der Waals surface area contributed by atoms with E-state index in [1.165, 1.54) is 18.3 Å². The Morgan fingerprint density at radius 1 is 1.28 bits per heavy atom. The molecule has 0 aliphatic carbocycles. The number of nitrogens with zero attached hydrogens (tertiary/aromatic N) is 2. The summed E-state index contributed by atoms with van der Waals surface area (Å²) in [6, 6.07) is 5.99. The molecule has 0 atom stereocenters. The molecular weight excluding hydrogens is 233 g/mol. The standard InChI is InChI=1S/C13H12FN3O/c1-8-10(7-15-9(2)16-8)13(18)17-12-6-4-3-5-11(12)14/h3-7H,1-2H3,(H,17,18). The van der Waals surface area contributed by atoms with Crippen molar-refractivity contribution in [3.8, 4) is 0 Å². The van der Waals surface area contributed by atoms with Gasteiger partial charge in [0, 0.05) is 6.20 Å². The van der Waals surface area contributed by atoms with Crippen LogP contribution in [0, 0.1) is 19.7 Å². The molecule has 92 valence electrons. The average molecular weight is 245 g/mol. The quantitative estimate of drug-likeness (QED) is 0.884. The molecule has 18 heavy (non-hydrogen) atoms. The number of anilines is 1. The molecule has 2 aromatic rings. The lowest BCUT2D eigenvalue weighted by Gasteiger charge is -2.07. The molecule has 0 bridgehead atoms. The van der Waals surface area contributed by atoms with Gasteiger partial charge in [0.05, 0.1) is 16.9 Å². The van der Waals surface area contributed by atoms with Crippen LogP contribution in [0.5, 0.6) is 0 Å². The van der Waals surface area contributed by atoms with E-state index in [1.807, 2.05) is 0 Å². The van der Waals surface area contributed by atoms with Gasteiger partial charge in [-0.15, -0.1) is 0 Å². The molecule has 0 saturated heterocycles. The number of carbonyl (C=O) groups is 1. The molecule has 1 heterocycles. The van der Waals surface area contributed by atoms with Crippen molar-refractivity contribution in [1.82, 2.24) is 9.97 Å². The Hall–Kier alpha value is -2.30. The first-order chi connectivity index (χ1) is 8.58. The Labute approximate surface area is 104 Å². The molecule has 1 aromatic heterocycles. The number of halogens is 1. The van der Waals surface area contributed by atoms with Crippen LogP contribution in [0.15, 0.2) is 30.5 Å². The summed E-state index contributed by atoms with van der Waals surface area (Å²) in [5, 5.41) is 2.49. The second-order valence-electron chi connectivity index (χ2n) is 3.85. The summed E-state index contributed by atoms with van der Waals surface area (Å²) in [5.41, 5.74) is 1.04. The molecule has 2 rings (SSSR count). The lowest BCUT2D eigenvalue weighted by Crippen LogP contribution is -2.15. The second-order valence-corrected chi connectivity index (χ2v) is 3.85. The minimum atomic E-state index is -0.475. The van der Waals surface area contributed by atoms with Crippen LogP contribution < -0.4 is 5.32 Å². The fourth-order valence-electron chi connectivity index (χ4n) is 1.56. The molecule has 1 N–H and O–H groups in total. The summed E-state index contributed by atoms with van der Waals surface area (Å²) < 4.78 is 13.4. The highest BCUT2D eigenvalue weighted by Gasteiger charge is 2.12. The van der Waals surface area contributed by atoms with Crippen molar-refractivity contribution in [3.63, 3.8) is 0 Å². The summed E-state index contributed by atoms with van der Waals surface area (Å²) in [4.78, 5) is 20.0. The first-order valence-corrected chi connectivity index (χ1v) is 5.44. The highest BCUT2D eigenvalue weighted by Crippen LogP contribution is 2.14. The van der Waals surface area contributed by atoms with Crippen LogP contribution in [0.4, 0.5) is 10.1 Å². The van der Waals surface area contributed by atoms with Crippen LogP contribution >= 0.6 is 0 Å². The Morgan fingerprint density at radius 3 is 2.67 bits per heavy atom. The fourth-order valence-corrected chi connectivity index (χ4v) is 1.56. The van der Waals surface area contributed by atoms with Crippen LogP contribution in [0.1, 0.15) is 21.9 Å². The molecule has 0 aliphatic heterocycles. The van der Waals surface area contributed by atoms with Gasteiger partial charge in [0.25, 0.3) is 5.91 Å². The van der Waals surface area contributed by atoms with Gasteiger partial charge in [0.1, 0.15) is 11.6 Å². The molecule has 1 amide bonds. The number of amides is 1. The molecule has 0 fully saturated rings. The van der Waals surface area contributed by atoms with E-state index in [4.69, 9.17) is 0 Å². The van der Waals surface area contributed by atoms with E-state index in [-0.39, 0.29) is 5.69 Å². The Kier molecular flexibility index (Phi) is 3.32. The zero-order chi connectivity index (χ0) is 13.1. The number of aryl methyl sites for hydroxylation is 2. The number of carbonyl (C=O) groups excluding carboxylic acids is 1. The van der Waals surface area contributed by atoms with Gasteiger partial charge in [0.2, 0.25) is 0 Å². The smallest absolute Gasteiger partial charge is 0.259 e. The Morgan fingerprint density at radius 2 is 2.00 bits per heavy atom. The molecule has 1 aromatic carbocycles. The fraction of sp³-hybridized carbons (Fsp3) is 0.154. The van der Waals surface area contributed by atoms with Gasteiger partial charge in [0.15, 0.2) is 0 Å². The van der Waals surface area contributed by atoms with Gasteiger partial charge < -0.3 is 5.32 Å². The second kappa shape index (κ2) is 4.91. The van der Waals surface area contributed by atoms with Crippen molar-refractivity contribution >= 4 is 11.6 Å². The van der Waals surface area contributed by atoms with Crippen molar-refractivity contribution in [1.29, 1.82) is 0 Å². The zero-order valence-corrected chi connectivity index (χ0v) is 10.1. The van der Waals surface area contributed by atoms with E-state index in [0.717, 1.165) is 0 Å². The van der Waals surface area contributed by atoms with Crippen LogP contribution in [-0.4, -0.2) is 15.9 Å². The van der Waals surface area contributed by atoms with Gasteiger partial charge >= 0.3 is 0 Å². The predicted molar refractivity (Wildman–Crippen MR) is 65.9 cm³/mol. The number of hydrogen-bond donors (Lipinski definition) is 1. The highest BCUT2D eigenvalue weighted by molar-refractivity contribution is 6.04. The number of para-hydroxylation sites is 1. The maximum atomic E-state index is 13.4.